The molecule has 130 valence electrons. The topological polar surface area (TPSA) is 58.8 Å². The minimum absolute atomic E-state index is 0.539. The van der Waals surface area contributed by atoms with Gasteiger partial charge >= 0.3 is 0 Å². The van der Waals surface area contributed by atoms with Crippen LogP contribution in [0.5, 0.6) is 11.6 Å². The maximum atomic E-state index is 9.21. The van der Waals surface area contributed by atoms with Crippen LogP contribution in [0.25, 0.3) is 0 Å². The first-order valence-electron chi connectivity index (χ1n) is 8.41. The van der Waals surface area contributed by atoms with E-state index in [4.69, 9.17) is 4.74 Å². The number of benzene rings is 2. The number of aromatic nitrogens is 2. The fraction of sp³-hybridized carbons (Fsp3) is 0.190. The minimum atomic E-state index is 0.539. The third-order valence-corrected chi connectivity index (χ3v) is 4.73. The summed E-state index contributed by atoms with van der Waals surface area (Å²) in [5.41, 5.74) is 3.77. The molecule has 3 aromatic rings. The summed E-state index contributed by atoms with van der Waals surface area (Å²) in [7, 11) is 0. The van der Waals surface area contributed by atoms with Crippen LogP contribution in [0.1, 0.15) is 29.3 Å². The van der Waals surface area contributed by atoms with Gasteiger partial charge < -0.3 is 4.74 Å². The lowest BCUT2D eigenvalue weighted by Crippen LogP contribution is -1.98. The number of aryl methyl sites for hydroxylation is 2. The zero-order valence-corrected chi connectivity index (χ0v) is 15.6. The first kappa shape index (κ1) is 18.0. The second kappa shape index (κ2) is 8.50. The van der Waals surface area contributed by atoms with E-state index in [-0.39, 0.29) is 0 Å². The Kier molecular flexibility index (Phi) is 5.88. The molecule has 0 unspecified atom stereocenters. The second-order valence-corrected chi connectivity index (χ2v) is 6.75. The van der Waals surface area contributed by atoms with Crippen LogP contribution in [-0.2, 0) is 12.2 Å². The third kappa shape index (κ3) is 4.62. The van der Waals surface area contributed by atoms with Crippen molar-refractivity contribution in [2.24, 2.45) is 0 Å². The highest BCUT2D eigenvalue weighted by Crippen LogP contribution is 2.26. The Morgan fingerprint density at radius 1 is 1.08 bits per heavy atom. The van der Waals surface area contributed by atoms with Gasteiger partial charge in [0.15, 0.2) is 5.16 Å². The van der Waals surface area contributed by atoms with Gasteiger partial charge in [-0.1, -0.05) is 54.6 Å². The molecule has 0 amide bonds. The number of hydrogen-bond donors (Lipinski definition) is 0. The third-order valence-electron chi connectivity index (χ3n) is 3.84. The smallest absolute Gasteiger partial charge is 0.223 e. The summed E-state index contributed by atoms with van der Waals surface area (Å²) in [6, 6.07) is 19.6. The van der Waals surface area contributed by atoms with Gasteiger partial charge in [0, 0.05) is 17.5 Å². The molecule has 0 aliphatic carbocycles. The van der Waals surface area contributed by atoms with Crippen LogP contribution in [0.4, 0.5) is 0 Å². The van der Waals surface area contributed by atoms with Crippen LogP contribution >= 0.6 is 11.8 Å². The van der Waals surface area contributed by atoms with Crippen LogP contribution in [0.3, 0.4) is 0 Å². The molecular weight excluding hydrogens is 342 g/mol. The van der Waals surface area contributed by atoms with E-state index < -0.39 is 0 Å². The average Bonchev–Trinajstić information content (AvgIpc) is 2.68. The molecule has 5 heteroatoms. The van der Waals surface area contributed by atoms with Crippen molar-refractivity contribution in [2.75, 3.05) is 0 Å². The van der Waals surface area contributed by atoms with E-state index in [9.17, 15) is 5.26 Å². The number of nitriles is 1. The maximum absolute atomic E-state index is 9.21. The van der Waals surface area contributed by atoms with E-state index in [1.165, 1.54) is 17.3 Å². The molecule has 0 saturated heterocycles. The van der Waals surface area contributed by atoms with Crippen LogP contribution in [0.2, 0.25) is 0 Å². The first-order chi connectivity index (χ1) is 12.7. The molecule has 2 aromatic carbocycles. The molecule has 4 nitrogen and oxygen atoms in total. The first-order valence-corrected chi connectivity index (χ1v) is 9.39. The highest BCUT2D eigenvalue weighted by atomic mass is 32.2. The number of rotatable bonds is 6. The Balaban J connectivity index is 1.79. The summed E-state index contributed by atoms with van der Waals surface area (Å²) in [4.78, 5) is 9.08. The van der Waals surface area contributed by atoms with Crippen molar-refractivity contribution in [3.8, 4) is 17.7 Å². The number of hydrogen-bond acceptors (Lipinski definition) is 5. The highest BCUT2D eigenvalue weighted by molar-refractivity contribution is 7.98. The second-order valence-electron chi connectivity index (χ2n) is 5.81. The van der Waals surface area contributed by atoms with Crippen LogP contribution in [0.15, 0.2) is 59.8 Å². The lowest BCUT2D eigenvalue weighted by molar-refractivity contribution is 0.454. The number of ether oxygens (including phenoxy) is 1. The highest BCUT2D eigenvalue weighted by Gasteiger charge is 2.09. The molecular formula is C21H19N3OS. The Hall–Kier alpha value is -2.84. The van der Waals surface area contributed by atoms with Gasteiger partial charge in [0.05, 0.1) is 11.6 Å². The van der Waals surface area contributed by atoms with Crippen molar-refractivity contribution >= 4 is 11.8 Å². The van der Waals surface area contributed by atoms with Crippen LogP contribution in [-0.4, -0.2) is 9.97 Å². The molecule has 0 fully saturated rings. The predicted molar refractivity (Wildman–Crippen MR) is 103 cm³/mol. The quantitative estimate of drug-likeness (QED) is 0.440. The average molecular weight is 361 g/mol. The van der Waals surface area contributed by atoms with Gasteiger partial charge in [0.2, 0.25) is 5.88 Å². The van der Waals surface area contributed by atoms with Crippen LogP contribution in [0, 0.1) is 18.3 Å². The molecule has 3 rings (SSSR count). The van der Waals surface area contributed by atoms with Gasteiger partial charge in [-0.15, -0.1) is 0 Å². The largest absolute Gasteiger partial charge is 0.439 e. The van der Waals surface area contributed by atoms with Crippen molar-refractivity contribution < 1.29 is 4.74 Å². The summed E-state index contributed by atoms with van der Waals surface area (Å²) in [6.07, 6.45) is 0.801. The lowest BCUT2D eigenvalue weighted by atomic mass is 10.1. The van der Waals surface area contributed by atoms with Gasteiger partial charge in [0.25, 0.3) is 0 Å². The maximum Gasteiger partial charge on any atom is 0.223 e. The Labute approximate surface area is 157 Å². The summed E-state index contributed by atoms with van der Waals surface area (Å²) in [6.45, 7) is 4.09. The molecule has 0 bridgehead atoms. The van der Waals surface area contributed by atoms with Crippen molar-refractivity contribution in [1.29, 1.82) is 5.26 Å². The Morgan fingerprint density at radius 2 is 1.85 bits per heavy atom. The zero-order valence-electron chi connectivity index (χ0n) is 14.8. The van der Waals surface area contributed by atoms with Gasteiger partial charge in [0.1, 0.15) is 5.75 Å². The molecule has 0 spiro atoms. The fourth-order valence-corrected chi connectivity index (χ4v) is 3.24. The SMILES string of the molecule is CCc1cc(Oc2ccc(C)cc2)nc(SCc2ccccc2C#N)n1. The molecule has 0 saturated carbocycles. The Bertz CT molecular complexity index is 933. The van der Waals surface area contributed by atoms with Gasteiger partial charge in [-0.05, 0) is 37.1 Å². The standard InChI is InChI=1S/C21H19N3OS/c1-3-18-12-20(25-19-10-8-15(2)9-11-19)24-21(23-18)26-14-17-7-5-4-6-16(17)13-22/h4-12H,3,14H2,1-2H3. The van der Waals surface area contributed by atoms with Crippen molar-refractivity contribution in [3.63, 3.8) is 0 Å². The van der Waals surface area contributed by atoms with Gasteiger partial charge in [-0.2, -0.15) is 10.2 Å². The monoisotopic (exact) mass is 361 g/mol. The summed E-state index contributed by atoms with van der Waals surface area (Å²) < 4.78 is 5.90. The molecule has 0 N–H and O–H groups in total. The van der Waals surface area contributed by atoms with Crippen LogP contribution < -0.4 is 4.74 Å². The minimum Gasteiger partial charge on any atom is -0.439 e. The number of nitrogens with zero attached hydrogens (tertiary/aromatic N) is 3. The summed E-state index contributed by atoms with van der Waals surface area (Å²) in [5.74, 6) is 1.93. The number of thioether (sulfide) groups is 1. The molecule has 26 heavy (non-hydrogen) atoms. The molecule has 0 radical (unpaired) electrons. The van der Waals surface area contributed by atoms with E-state index in [0.717, 1.165) is 23.4 Å². The molecule has 0 aliphatic heterocycles. The predicted octanol–water partition coefficient (Wildman–Crippen LogP) is 5.30. The van der Waals surface area contributed by atoms with Crippen molar-refractivity contribution in [1.82, 2.24) is 9.97 Å². The van der Waals surface area contributed by atoms with Gasteiger partial charge in [-0.3, -0.25) is 0 Å². The molecule has 1 aromatic heterocycles. The Morgan fingerprint density at radius 3 is 2.58 bits per heavy atom. The molecule has 1 heterocycles. The molecule has 0 atom stereocenters. The van der Waals surface area contributed by atoms with E-state index >= 15 is 0 Å². The zero-order chi connectivity index (χ0) is 18.4. The van der Waals surface area contributed by atoms with Crippen molar-refractivity contribution in [2.45, 2.75) is 31.2 Å². The van der Waals surface area contributed by atoms with E-state index in [2.05, 4.69) is 23.0 Å². The fourth-order valence-electron chi connectivity index (χ4n) is 2.37. The molecule has 0 aliphatic rings. The normalized spacial score (nSPS) is 10.3. The van der Waals surface area contributed by atoms with E-state index in [0.29, 0.717) is 22.4 Å². The summed E-state index contributed by atoms with van der Waals surface area (Å²) in [5, 5.41) is 9.87. The van der Waals surface area contributed by atoms with E-state index in [1.54, 1.807) is 0 Å². The lowest BCUT2D eigenvalue weighted by Gasteiger charge is -2.09. The van der Waals surface area contributed by atoms with E-state index in [1.807, 2.05) is 61.5 Å². The summed E-state index contributed by atoms with van der Waals surface area (Å²) >= 11 is 1.51. The van der Waals surface area contributed by atoms with Gasteiger partial charge in [-0.25, -0.2) is 4.98 Å². The van der Waals surface area contributed by atoms with Crippen molar-refractivity contribution in [3.05, 3.63) is 77.0 Å².